The maximum Gasteiger partial charge on any atom is 0.0143 e. The Bertz CT molecular complexity index is 285. The van der Waals surface area contributed by atoms with Gasteiger partial charge in [0.2, 0.25) is 0 Å². The topological polar surface area (TPSA) is 12.0 Å². The normalized spacial score (nSPS) is 11.4. The van der Waals surface area contributed by atoms with E-state index in [1.807, 2.05) is 6.07 Å². The summed E-state index contributed by atoms with van der Waals surface area (Å²) in [4.78, 5) is 0. The van der Waals surface area contributed by atoms with Crippen molar-refractivity contribution in [1.82, 2.24) is 5.32 Å². The average molecular weight is 226 g/mol. The second-order valence-electron chi connectivity index (χ2n) is 4.44. The van der Waals surface area contributed by atoms with Gasteiger partial charge in [-0.1, -0.05) is 42.5 Å². The molecule has 0 aromatic heterocycles. The third kappa shape index (κ3) is 7.18. The molecule has 0 heterocycles. The lowest BCUT2D eigenvalue weighted by Gasteiger charge is -2.18. The van der Waals surface area contributed by atoms with Gasteiger partial charge < -0.3 is 5.32 Å². The third-order valence-corrected chi connectivity index (χ3v) is 1.86. The first-order valence-corrected chi connectivity index (χ1v) is 5.04. The molecule has 0 saturated carbocycles. The van der Waals surface area contributed by atoms with Crippen LogP contribution in [-0.4, -0.2) is 12.1 Å². The lowest BCUT2D eigenvalue weighted by molar-refractivity contribution is 0.450. The van der Waals surface area contributed by atoms with Gasteiger partial charge in [0.25, 0.3) is 0 Å². The minimum Gasteiger partial charge on any atom is -0.309 e. The molecule has 0 unspecified atom stereocenters. The third-order valence-electron chi connectivity index (χ3n) is 1.86. The molecule has 0 aliphatic heterocycles. The monoisotopic (exact) mass is 225 g/mol. The fourth-order valence-corrected chi connectivity index (χ4v) is 1.12. The average Bonchev–Trinajstić information content (AvgIpc) is 2.13. The van der Waals surface area contributed by atoms with Crippen LogP contribution in [0.2, 0.25) is 0 Å². The van der Waals surface area contributed by atoms with Gasteiger partial charge in [0.1, 0.15) is 0 Å². The van der Waals surface area contributed by atoms with Crippen molar-refractivity contribution in [1.29, 1.82) is 0 Å². The summed E-state index contributed by atoms with van der Waals surface area (Å²) in [7, 11) is 0. The number of hydrogen-bond acceptors (Lipinski definition) is 1. The summed E-state index contributed by atoms with van der Waals surface area (Å²) in [5.74, 6) is 0. The van der Waals surface area contributed by atoms with Crippen LogP contribution in [0.5, 0.6) is 0 Å². The van der Waals surface area contributed by atoms with Crippen molar-refractivity contribution in [3.05, 3.63) is 42.0 Å². The molecule has 1 N–H and O–H groups in total. The molecule has 1 aromatic rings. The van der Waals surface area contributed by atoms with Crippen molar-refractivity contribution in [3.8, 4) is 0 Å². The zero-order valence-corrected chi connectivity index (χ0v) is 10.5. The molecule has 84 valence electrons. The van der Waals surface area contributed by atoms with Crippen molar-refractivity contribution in [3.63, 3.8) is 0 Å². The van der Waals surface area contributed by atoms with Gasteiger partial charge in [0, 0.05) is 12.1 Å². The summed E-state index contributed by atoms with van der Waals surface area (Å²) in [6, 6.07) is 10.3. The lowest BCUT2D eigenvalue weighted by Crippen LogP contribution is -2.35. The summed E-state index contributed by atoms with van der Waals surface area (Å²) in [5, 5.41) is 3.41. The highest BCUT2D eigenvalue weighted by Gasteiger charge is 2.05. The smallest absolute Gasteiger partial charge is 0.0143 e. The van der Waals surface area contributed by atoms with E-state index in [4.69, 9.17) is 0 Å². The number of rotatable bonds is 3. The zero-order valence-electron chi connectivity index (χ0n) is 9.66. The molecule has 0 spiro atoms. The Labute approximate surface area is 99.0 Å². The van der Waals surface area contributed by atoms with Crippen LogP contribution in [0.1, 0.15) is 26.3 Å². The molecule has 0 radical (unpaired) electrons. The van der Waals surface area contributed by atoms with Gasteiger partial charge >= 0.3 is 0 Å². The SMILES string of the molecule is CC(C)(C)NCC=Cc1ccccc1.Cl. The van der Waals surface area contributed by atoms with E-state index in [-0.39, 0.29) is 17.9 Å². The largest absolute Gasteiger partial charge is 0.309 e. The summed E-state index contributed by atoms with van der Waals surface area (Å²) >= 11 is 0. The second-order valence-corrected chi connectivity index (χ2v) is 4.44. The molecule has 15 heavy (non-hydrogen) atoms. The fraction of sp³-hybridized carbons (Fsp3) is 0.385. The van der Waals surface area contributed by atoms with Crippen LogP contribution in [0.4, 0.5) is 0 Å². The molecule has 0 fully saturated rings. The maximum absolute atomic E-state index is 3.41. The second kappa shape index (κ2) is 6.65. The standard InChI is InChI=1S/C13H19N.ClH/c1-13(2,3)14-11-7-10-12-8-5-4-6-9-12;/h4-10,14H,11H2,1-3H3;1H. The van der Waals surface area contributed by atoms with Gasteiger partial charge in [-0.05, 0) is 26.3 Å². The summed E-state index contributed by atoms with van der Waals surface area (Å²) < 4.78 is 0. The van der Waals surface area contributed by atoms with E-state index in [1.54, 1.807) is 0 Å². The molecule has 0 amide bonds. The quantitative estimate of drug-likeness (QED) is 0.830. The van der Waals surface area contributed by atoms with Crippen LogP contribution < -0.4 is 5.32 Å². The Morgan fingerprint density at radius 1 is 1.13 bits per heavy atom. The number of nitrogens with one attached hydrogen (secondary N) is 1. The highest BCUT2D eigenvalue weighted by molar-refractivity contribution is 5.85. The Hall–Kier alpha value is -0.790. The van der Waals surface area contributed by atoms with Crippen LogP contribution in [0.25, 0.3) is 6.08 Å². The first kappa shape index (κ1) is 14.2. The molecule has 0 bridgehead atoms. The van der Waals surface area contributed by atoms with Crippen molar-refractivity contribution in [2.24, 2.45) is 0 Å². The molecule has 0 atom stereocenters. The van der Waals surface area contributed by atoms with Crippen LogP contribution in [0.3, 0.4) is 0 Å². The summed E-state index contributed by atoms with van der Waals surface area (Å²) in [6.07, 6.45) is 4.29. The minimum absolute atomic E-state index is 0. The zero-order chi connectivity index (χ0) is 10.4. The molecule has 1 aromatic carbocycles. The van der Waals surface area contributed by atoms with E-state index in [2.05, 4.69) is 62.5 Å². The Balaban J connectivity index is 0.00000196. The highest BCUT2D eigenvalue weighted by atomic mass is 35.5. The molecule has 0 saturated heterocycles. The van der Waals surface area contributed by atoms with E-state index >= 15 is 0 Å². The number of halogens is 1. The highest BCUT2D eigenvalue weighted by Crippen LogP contribution is 2.01. The van der Waals surface area contributed by atoms with E-state index in [0.717, 1.165) is 6.54 Å². The van der Waals surface area contributed by atoms with Crippen LogP contribution >= 0.6 is 12.4 Å². The van der Waals surface area contributed by atoms with Crippen molar-refractivity contribution in [2.75, 3.05) is 6.54 Å². The van der Waals surface area contributed by atoms with Gasteiger partial charge in [0.15, 0.2) is 0 Å². The van der Waals surface area contributed by atoms with Crippen LogP contribution in [0, 0.1) is 0 Å². The van der Waals surface area contributed by atoms with Crippen LogP contribution in [0.15, 0.2) is 36.4 Å². The van der Waals surface area contributed by atoms with E-state index in [9.17, 15) is 0 Å². The van der Waals surface area contributed by atoms with E-state index < -0.39 is 0 Å². The predicted molar refractivity (Wildman–Crippen MR) is 70.5 cm³/mol. The van der Waals surface area contributed by atoms with Crippen molar-refractivity contribution < 1.29 is 0 Å². The first-order valence-electron chi connectivity index (χ1n) is 5.04. The molecule has 0 aliphatic carbocycles. The lowest BCUT2D eigenvalue weighted by atomic mass is 10.1. The van der Waals surface area contributed by atoms with E-state index in [1.165, 1.54) is 5.56 Å². The fourth-order valence-electron chi connectivity index (χ4n) is 1.12. The van der Waals surface area contributed by atoms with Gasteiger partial charge in [0.05, 0.1) is 0 Å². The maximum atomic E-state index is 3.41. The predicted octanol–water partition coefficient (Wildman–Crippen LogP) is 3.51. The van der Waals surface area contributed by atoms with Crippen molar-refractivity contribution in [2.45, 2.75) is 26.3 Å². The molecule has 0 aliphatic rings. The first-order chi connectivity index (χ1) is 6.58. The molecule has 1 nitrogen and oxygen atoms in total. The molecular formula is C13H20ClN. The van der Waals surface area contributed by atoms with Gasteiger partial charge in [-0.2, -0.15) is 0 Å². The molecule has 2 heteroatoms. The van der Waals surface area contributed by atoms with Crippen LogP contribution in [-0.2, 0) is 0 Å². The van der Waals surface area contributed by atoms with E-state index in [0.29, 0.717) is 0 Å². The number of benzene rings is 1. The Morgan fingerprint density at radius 3 is 2.27 bits per heavy atom. The minimum atomic E-state index is 0. The summed E-state index contributed by atoms with van der Waals surface area (Å²) in [5.41, 5.74) is 1.45. The number of hydrogen-bond donors (Lipinski definition) is 1. The van der Waals surface area contributed by atoms with Gasteiger partial charge in [-0.15, -0.1) is 12.4 Å². The van der Waals surface area contributed by atoms with Gasteiger partial charge in [-0.3, -0.25) is 0 Å². The van der Waals surface area contributed by atoms with Gasteiger partial charge in [-0.25, -0.2) is 0 Å². The Kier molecular flexibility index (Phi) is 6.30. The Morgan fingerprint density at radius 2 is 1.73 bits per heavy atom. The van der Waals surface area contributed by atoms with Crippen molar-refractivity contribution >= 4 is 18.5 Å². The molecule has 1 rings (SSSR count). The summed E-state index contributed by atoms with van der Waals surface area (Å²) in [6.45, 7) is 7.43. The molecular weight excluding hydrogens is 206 g/mol.